The van der Waals surface area contributed by atoms with Crippen LogP contribution in [0, 0.1) is 19.7 Å². The van der Waals surface area contributed by atoms with Gasteiger partial charge in [-0.1, -0.05) is 0 Å². The number of aromatic nitrogens is 4. The zero-order valence-electron chi connectivity index (χ0n) is 15.3. The molecule has 0 bridgehead atoms. The molecule has 8 nitrogen and oxygen atoms in total. The van der Waals surface area contributed by atoms with Gasteiger partial charge in [-0.15, -0.1) is 0 Å². The molecule has 1 aromatic carbocycles. The number of carbonyl (C=O) groups is 1. The van der Waals surface area contributed by atoms with Crippen LogP contribution in [0.25, 0.3) is 16.6 Å². The van der Waals surface area contributed by atoms with E-state index in [0.717, 1.165) is 11.1 Å². The van der Waals surface area contributed by atoms with Gasteiger partial charge in [0, 0.05) is 24.4 Å². The van der Waals surface area contributed by atoms with Crippen LogP contribution in [0.1, 0.15) is 24.0 Å². The molecule has 3 aromatic rings. The Morgan fingerprint density at radius 2 is 2.11 bits per heavy atom. The van der Waals surface area contributed by atoms with E-state index in [-0.39, 0.29) is 6.54 Å². The van der Waals surface area contributed by atoms with Crippen molar-refractivity contribution in [2.24, 2.45) is 0 Å². The zero-order valence-corrected chi connectivity index (χ0v) is 15.3. The molecule has 1 amide bonds. The van der Waals surface area contributed by atoms with Gasteiger partial charge in [0.2, 0.25) is 0 Å². The summed E-state index contributed by atoms with van der Waals surface area (Å²) in [7, 11) is 0. The lowest BCUT2D eigenvalue weighted by Gasteiger charge is -2.08. The minimum Gasteiger partial charge on any atom is -0.494 e. The summed E-state index contributed by atoms with van der Waals surface area (Å²) in [4.78, 5) is 10.6. The molecule has 0 radical (unpaired) electrons. The highest BCUT2D eigenvalue weighted by Crippen LogP contribution is 2.27. The van der Waals surface area contributed by atoms with Gasteiger partial charge in [0.15, 0.2) is 5.82 Å². The van der Waals surface area contributed by atoms with Gasteiger partial charge in [0.25, 0.3) is 0 Å². The number of carboxylic acid groups (broad SMARTS) is 1. The minimum atomic E-state index is -1.11. The normalized spacial score (nSPS) is 11.0. The molecule has 0 aliphatic heterocycles. The van der Waals surface area contributed by atoms with Gasteiger partial charge in [-0.2, -0.15) is 15.3 Å². The van der Waals surface area contributed by atoms with Crippen molar-refractivity contribution in [3.63, 3.8) is 0 Å². The first-order valence-electron chi connectivity index (χ1n) is 8.53. The summed E-state index contributed by atoms with van der Waals surface area (Å²) >= 11 is 0. The third-order valence-corrected chi connectivity index (χ3v) is 4.17. The number of aryl methyl sites for hydroxylation is 2. The van der Waals surface area contributed by atoms with Crippen LogP contribution in [0.5, 0.6) is 5.75 Å². The van der Waals surface area contributed by atoms with E-state index >= 15 is 0 Å². The number of fused-ring (bicyclic) bond motifs is 1. The van der Waals surface area contributed by atoms with E-state index in [1.165, 1.54) is 10.7 Å². The second-order valence-corrected chi connectivity index (χ2v) is 5.98. The van der Waals surface area contributed by atoms with E-state index in [2.05, 4.69) is 20.6 Å². The van der Waals surface area contributed by atoms with E-state index in [4.69, 9.17) is 9.84 Å². The van der Waals surface area contributed by atoms with Gasteiger partial charge in [0.1, 0.15) is 17.0 Å². The number of rotatable bonds is 6. The summed E-state index contributed by atoms with van der Waals surface area (Å²) in [5.41, 5.74) is 2.84. The number of hydrogen-bond donors (Lipinski definition) is 2. The molecule has 0 saturated carbocycles. The Labute approximate surface area is 155 Å². The lowest BCUT2D eigenvalue weighted by Crippen LogP contribution is -2.23. The average molecular weight is 373 g/mol. The molecule has 0 unspecified atom stereocenters. The van der Waals surface area contributed by atoms with Crippen molar-refractivity contribution < 1.29 is 19.0 Å². The fourth-order valence-corrected chi connectivity index (χ4v) is 2.98. The van der Waals surface area contributed by atoms with Crippen LogP contribution in [0.3, 0.4) is 0 Å². The molecule has 2 aromatic heterocycles. The molecule has 9 heteroatoms. The van der Waals surface area contributed by atoms with Gasteiger partial charge in [-0.25, -0.2) is 13.9 Å². The fraction of sp³-hybridized carbons (Fsp3) is 0.333. The Bertz CT molecular complexity index is 1000. The molecule has 0 aliphatic rings. The van der Waals surface area contributed by atoms with Gasteiger partial charge in [-0.05, 0) is 32.9 Å². The Morgan fingerprint density at radius 3 is 2.78 bits per heavy atom. The summed E-state index contributed by atoms with van der Waals surface area (Å²) in [6.07, 6.45) is -0.775. The number of benzene rings is 1. The van der Waals surface area contributed by atoms with E-state index in [1.54, 1.807) is 12.1 Å². The molecule has 0 saturated heterocycles. The minimum absolute atomic E-state index is 0.186. The smallest absolute Gasteiger partial charge is 0.404 e. The van der Waals surface area contributed by atoms with Crippen molar-refractivity contribution in [3.8, 4) is 11.4 Å². The number of ether oxygens (including phenoxy) is 1. The highest BCUT2D eigenvalue weighted by molar-refractivity contribution is 5.85. The third-order valence-electron chi connectivity index (χ3n) is 4.17. The number of hydrogen-bond acceptors (Lipinski definition) is 5. The van der Waals surface area contributed by atoms with Crippen LogP contribution in [-0.2, 0) is 6.42 Å². The molecule has 2 heterocycles. The molecule has 27 heavy (non-hydrogen) atoms. The monoisotopic (exact) mass is 373 g/mol. The fourth-order valence-electron chi connectivity index (χ4n) is 2.98. The predicted octanol–water partition coefficient (Wildman–Crippen LogP) is 2.78. The SMILES string of the molecule is CCOc1ccc(-n2nc3c(CCNC(=O)O)nnc(C)c3c2C)c(F)c1. The first-order valence-corrected chi connectivity index (χ1v) is 8.53. The first-order chi connectivity index (χ1) is 12.9. The molecule has 142 valence electrons. The van der Waals surface area contributed by atoms with Crippen molar-refractivity contribution in [1.82, 2.24) is 25.3 Å². The molecule has 0 fully saturated rings. The summed E-state index contributed by atoms with van der Waals surface area (Å²) < 4.78 is 21.5. The van der Waals surface area contributed by atoms with Gasteiger partial charge in [0.05, 0.1) is 23.7 Å². The molecule has 3 rings (SSSR count). The first kappa shape index (κ1) is 18.6. The Hall–Kier alpha value is -3.23. The lowest BCUT2D eigenvalue weighted by atomic mass is 10.1. The summed E-state index contributed by atoms with van der Waals surface area (Å²) in [5.74, 6) is -0.00224. The summed E-state index contributed by atoms with van der Waals surface area (Å²) in [6, 6.07) is 4.63. The highest BCUT2D eigenvalue weighted by Gasteiger charge is 2.18. The van der Waals surface area contributed by atoms with Crippen molar-refractivity contribution in [3.05, 3.63) is 41.1 Å². The molecular formula is C18H20FN5O3. The quantitative estimate of drug-likeness (QED) is 0.689. The van der Waals surface area contributed by atoms with E-state index in [1.807, 2.05) is 20.8 Å². The summed E-state index contributed by atoms with van der Waals surface area (Å²) in [6.45, 7) is 6.11. The second kappa shape index (κ2) is 7.56. The lowest BCUT2D eigenvalue weighted by molar-refractivity contribution is 0.194. The second-order valence-electron chi connectivity index (χ2n) is 5.98. The number of amides is 1. The van der Waals surface area contributed by atoms with Gasteiger partial charge >= 0.3 is 6.09 Å². The number of nitrogens with zero attached hydrogens (tertiary/aromatic N) is 4. The highest BCUT2D eigenvalue weighted by atomic mass is 19.1. The average Bonchev–Trinajstić information content (AvgIpc) is 2.95. The van der Waals surface area contributed by atoms with Crippen LogP contribution < -0.4 is 10.1 Å². The molecule has 2 N–H and O–H groups in total. The van der Waals surface area contributed by atoms with Crippen molar-refractivity contribution in [2.45, 2.75) is 27.2 Å². The largest absolute Gasteiger partial charge is 0.494 e. The maximum atomic E-state index is 14.6. The molecule has 0 spiro atoms. The standard InChI is InChI=1S/C18H20FN5O3/c1-4-27-12-5-6-15(13(19)9-12)24-11(3)16-10(2)21-22-14(17(16)23-24)7-8-20-18(25)26/h5-6,9,20H,4,7-8H2,1-3H3,(H,25,26). The van der Waals surface area contributed by atoms with E-state index < -0.39 is 11.9 Å². The van der Waals surface area contributed by atoms with Crippen molar-refractivity contribution >= 4 is 17.0 Å². The van der Waals surface area contributed by atoms with Gasteiger partial charge in [-0.3, -0.25) is 0 Å². The number of nitrogens with one attached hydrogen (secondary N) is 1. The maximum absolute atomic E-state index is 14.6. The Balaban J connectivity index is 2.06. The van der Waals surface area contributed by atoms with Crippen LogP contribution in [0.4, 0.5) is 9.18 Å². The topological polar surface area (TPSA) is 102 Å². The zero-order chi connectivity index (χ0) is 19.6. The van der Waals surface area contributed by atoms with Crippen molar-refractivity contribution in [1.29, 1.82) is 0 Å². The summed E-state index contributed by atoms with van der Waals surface area (Å²) in [5, 5.41) is 24.6. The third kappa shape index (κ3) is 3.67. The molecular weight excluding hydrogens is 353 g/mol. The molecule has 0 aliphatic carbocycles. The van der Waals surface area contributed by atoms with Crippen LogP contribution in [0.15, 0.2) is 18.2 Å². The van der Waals surface area contributed by atoms with Crippen LogP contribution >= 0.6 is 0 Å². The van der Waals surface area contributed by atoms with Crippen LogP contribution in [-0.4, -0.2) is 44.3 Å². The Kier molecular flexibility index (Phi) is 5.20. The van der Waals surface area contributed by atoms with E-state index in [9.17, 15) is 9.18 Å². The number of halogens is 1. The van der Waals surface area contributed by atoms with Crippen molar-refractivity contribution in [2.75, 3.05) is 13.2 Å². The Morgan fingerprint density at radius 1 is 1.33 bits per heavy atom. The maximum Gasteiger partial charge on any atom is 0.404 e. The molecule has 0 atom stereocenters. The van der Waals surface area contributed by atoms with E-state index in [0.29, 0.717) is 41.4 Å². The van der Waals surface area contributed by atoms with Gasteiger partial charge < -0.3 is 15.2 Å². The predicted molar refractivity (Wildman–Crippen MR) is 97.0 cm³/mol. The van der Waals surface area contributed by atoms with Crippen LogP contribution in [0.2, 0.25) is 0 Å².